The van der Waals surface area contributed by atoms with Crippen LogP contribution in [0.25, 0.3) is 11.7 Å². The fourth-order valence-electron chi connectivity index (χ4n) is 3.26. The Morgan fingerprint density at radius 3 is 2.93 bits per heavy atom. The summed E-state index contributed by atoms with van der Waals surface area (Å²) in [6.07, 6.45) is 4.45. The van der Waals surface area contributed by atoms with Gasteiger partial charge in [-0.15, -0.1) is 4.91 Å². The Hall–Kier alpha value is -4.02. The molecule has 11 nitrogen and oxygen atoms in total. The van der Waals surface area contributed by atoms with Crippen molar-refractivity contribution in [2.24, 2.45) is 12.2 Å². The van der Waals surface area contributed by atoms with E-state index in [2.05, 4.69) is 15.5 Å². The second kappa shape index (κ2) is 6.86. The fraction of sp³-hybridized carbons (Fsp3) is 0.222. The summed E-state index contributed by atoms with van der Waals surface area (Å²) in [4.78, 5) is 50.9. The van der Waals surface area contributed by atoms with Crippen LogP contribution in [-0.2, 0) is 13.5 Å². The topological polar surface area (TPSA) is 154 Å². The standard InChI is InChI=1S/C18H16N6O5/c1-23-12-6-9(2-3-14(12)29-18(23)27)8-20-16(25)11-7-13(17(26)22-28)24-5-4-10(19)15(24)21-11/h4-7H,2-3,8,19H2,1H3,(H,20,25). The molecule has 0 aliphatic heterocycles. The van der Waals surface area contributed by atoms with Gasteiger partial charge in [-0.25, -0.2) is 9.78 Å². The van der Waals surface area contributed by atoms with E-state index in [1.807, 2.05) is 0 Å². The molecule has 3 aromatic rings. The average molecular weight is 396 g/mol. The maximum Gasteiger partial charge on any atom is 0.419 e. The Bertz CT molecular complexity index is 1260. The van der Waals surface area contributed by atoms with Crippen molar-refractivity contribution in [1.29, 1.82) is 0 Å². The Balaban J connectivity index is 1.59. The summed E-state index contributed by atoms with van der Waals surface area (Å²) in [6.45, 7) is 0.218. The normalized spacial score (nSPS) is 13.1. The second-order valence-electron chi connectivity index (χ2n) is 6.61. The van der Waals surface area contributed by atoms with Crippen molar-refractivity contribution < 1.29 is 14.0 Å². The van der Waals surface area contributed by atoms with Gasteiger partial charge in [0.1, 0.15) is 17.1 Å². The van der Waals surface area contributed by atoms with E-state index in [4.69, 9.17) is 10.2 Å². The number of oxazole rings is 1. The monoisotopic (exact) mass is 396 g/mol. The molecule has 29 heavy (non-hydrogen) atoms. The van der Waals surface area contributed by atoms with Crippen LogP contribution in [0.4, 0.5) is 5.69 Å². The minimum Gasteiger partial charge on any atom is -0.412 e. The molecule has 0 spiro atoms. The summed E-state index contributed by atoms with van der Waals surface area (Å²) >= 11 is 0. The Kier molecular flexibility index (Phi) is 4.34. The van der Waals surface area contributed by atoms with Crippen LogP contribution < -0.4 is 16.8 Å². The number of carbonyl (C=O) groups excluding carboxylic acids is 2. The van der Waals surface area contributed by atoms with Crippen molar-refractivity contribution in [3.8, 4) is 0 Å². The number of carbonyl (C=O) groups is 2. The number of aromatic nitrogens is 3. The summed E-state index contributed by atoms with van der Waals surface area (Å²) in [5.41, 5.74) is 7.66. The quantitative estimate of drug-likeness (QED) is 0.620. The van der Waals surface area contributed by atoms with E-state index in [0.717, 1.165) is 5.57 Å². The van der Waals surface area contributed by atoms with Gasteiger partial charge in [0.25, 0.3) is 5.91 Å². The van der Waals surface area contributed by atoms with E-state index < -0.39 is 17.6 Å². The molecule has 0 aromatic carbocycles. The van der Waals surface area contributed by atoms with E-state index in [0.29, 0.717) is 24.3 Å². The minimum absolute atomic E-state index is 0.0669. The predicted octanol–water partition coefficient (Wildman–Crippen LogP) is 0.874. The highest BCUT2D eigenvalue weighted by Crippen LogP contribution is 2.22. The first-order valence-corrected chi connectivity index (χ1v) is 8.70. The zero-order valence-corrected chi connectivity index (χ0v) is 15.3. The Morgan fingerprint density at radius 2 is 2.17 bits per heavy atom. The molecule has 4 rings (SSSR count). The molecule has 0 bridgehead atoms. The molecule has 148 valence electrons. The van der Waals surface area contributed by atoms with Crippen molar-refractivity contribution in [2.75, 3.05) is 12.3 Å². The molecule has 0 radical (unpaired) electrons. The lowest BCUT2D eigenvalue weighted by atomic mass is 10.0. The fourth-order valence-corrected chi connectivity index (χ4v) is 3.26. The van der Waals surface area contributed by atoms with Gasteiger partial charge in [-0.3, -0.25) is 18.6 Å². The molecule has 3 heterocycles. The van der Waals surface area contributed by atoms with Crippen molar-refractivity contribution >= 4 is 29.2 Å². The molecular weight excluding hydrogens is 380 g/mol. The number of hydrogen-bond acceptors (Lipinski definition) is 7. The van der Waals surface area contributed by atoms with Gasteiger partial charge in [0.15, 0.2) is 5.65 Å². The maximum absolute atomic E-state index is 12.6. The van der Waals surface area contributed by atoms with Gasteiger partial charge < -0.3 is 15.5 Å². The summed E-state index contributed by atoms with van der Waals surface area (Å²) in [7, 11) is 1.61. The van der Waals surface area contributed by atoms with Crippen molar-refractivity contribution in [3.05, 3.63) is 62.2 Å². The maximum atomic E-state index is 12.6. The highest BCUT2D eigenvalue weighted by molar-refractivity contribution is 5.99. The molecule has 2 amide bonds. The number of nitrogens with one attached hydrogen (secondary N) is 1. The van der Waals surface area contributed by atoms with E-state index in [-0.39, 0.29) is 29.3 Å². The summed E-state index contributed by atoms with van der Waals surface area (Å²) in [5, 5.41) is 5.14. The first kappa shape index (κ1) is 18.3. The Morgan fingerprint density at radius 1 is 1.38 bits per heavy atom. The van der Waals surface area contributed by atoms with Crippen LogP contribution in [0.1, 0.15) is 38.9 Å². The molecule has 11 heteroatoms. The van der Waals surface area contributed by atoms with Crippen LogP contribution in [0.5, 0.6) is 0 Å². The number of nitrogens with zero attached hydrogens (tertiary/aromatic N) is 4. The smallest absolute Gasteiger partial charge is 0.412 e. The van der Waals surface area contributed by atoms with Gasteiger partial charge in [-0.2, -0.15) is 0 Å². The highest BCUT2D eigenvalue weighted by Gasteiger charge is 2.21. The zero-order valence-electron chi connectivity index (χ0n) is 15.3. The molecule has 1 aliphatic carbocycles. The largest absolute Gasteiger partial charge is 0.419 e. The first-order chi connectivity index (χ1) is 13.9. The van der Waals surface area contributed by atoms with E-state index in [1.165, 1.54) is 27.3 Å². The predicted molar refractivity (Wildman–Crippen MR) is 102 cm³/mol. The SMILES string of the molecule is Cn1c2c(oc1=O)CCC(CNC(=O)c1cc(C(=O)N=O)n3ccc(N)c3n1)=C2. The third kappa shape index (κ3) is 3.12. The first-order valence-electron chi connectivity index (χ1n) is 8.70. The zero-order chi connectivity index (χ0) is 20.7. The van der Waals surface area contributed by atoms with Crippen LogP contribution in [0.15, 0.2) is 38.3 Å². The van der Waals surface area contributed by atoms with Gasteiger partial charge in [0, 0.05) is 31.4 Å². The summed E-state index contributed by atoms with van der Waals surface area (Å²) < 4.78 is 7.87. The molecule has 3 aromatic heterocycles. The van der Waals surface area contributed by atoms with Gasteiger partial charge in [-0.1, -0.05) is 0 Å². The number of amides is 2. The molecule has 3 N–H and O–H groups in total. The molecule has 0 unspecified atom stereocenters. The van der Waals surface area contributed by atoms with Gasteiger partial charge in [0.2, 0.25) is 0 Å². The van der Waals surface area contributed by atoms with Gasteiger partial charge in [-0.05, 0) is 30.2 Å². The van der Waals surface area contributed by atoms with Crippen LogP contribution >= 0.6 is 0 Å². The number of nitrogens with two attached hydrogens (primary N) is 1. The number of nitrogen functional groups attached to an aromatic ring is 1. The third-order valence-corrected chi connectivity index (χ3v) is 4.80. The highest BCUT2D eigenvalue weighted by atomic mass is 16.4. The van der Waals surface area contributed by atoms with Crippen LogP contribution in [0, 0.1) is 4.91 Å². The van der Waals surface area contributed by atoms with E-state index in [1.54, 1.807) is 13.1 Å². The third-order valence-electron chi connectivity index (χ3n) is 4.80. The molecule has 0 fully saturated rings. The van der Waals surface area contributed by atoms with Gasteiger partial charge >= 0.3 is 11.7 Å². The van der Waals surface area contributed by atoms with Gasteiger partial charge in [0.05, 0.1) is 11.4 Å². The average Bonchev–Trinajstić information content (AvgIpc) is 3.24. The minimum atomic E-state index is -1.04. The Labute approximate surface area is 162 Å². The number of nitroso groups, excluding NO2 is 1. The molecular formula is C18H16N6O5. The molecule has 0 saturated carbocycles. The van der Waals surface area contributed by atoms with Crippen molar-refractivity contribution in [3.63, 3.8) is 0 Å². The van der Waals surface area contributed by atoms with Crippen LogP contribution in [0.2, 0.25) is 0 Å². The number of anilines is 1. The van der Waals surface area contributed by atoms with E-state index in [9.17, 15) is 19.3 Å². The number of hydrogen-bond donors (Lipinski definition) is 2. The molecule has 0 atom stereocenters. The number of rotatable bonds is 4. The van der Waals surface area contributed by atoms with E-state index >= 15 is 0 Å². The lowest BCUT2D eigenvalue weighted by Crippen LogP contribution is -2.28. The summed E-state index contributed by atoms with van der Waals surface area (Å²) in [5.74, 6) is -1.39. The molecule has 1 aliphatic rings. The van der Waals surface area contributed by atoms with Crippen LogP contribution in [0.3, 0.4) is 0 Å². The summed E-state index contributed by atoms with van der Waals surface area (Å²) in [6, 6.07) is 2.70. The molecule has 0 saturated heterocycles. The number of aryl methyl sites for hydroxylation is 1. The van der Waals surface area contributed by atoms with Crippen molar-refractivity contribution in [2.45, 2.75) is 12.8 Å². The van der Waals surface area contributed by atoms with Crippen LogP contribution in [-0.4, -0.2) is 32.3 Å². The number of fused-ring (bicyclic) bond motifs is 2. The lowest BCUT2D eigenvalue weighted by molar-refractivity contribution is 0.0952. The second-order valence-corrected chi connectivity index (χ2v) is 6.61. The lowest BCUT2D eigenvalue weighted by Gasteiger charge is -2.14. The van der Waals surface area contributed by atoms with Crippen molar-refractivity contribution in [1.82, 2.24) is 19.3 Å².